The van der Waals surface area contributed by atoms with Crippen LogP contribution in [0.5, 0.6) is 11.5 Å². The standard InChI is InChI=1S/C20H30N4O4/c1-22-11-13-23(14-12-22)21-19(25)9-10-24(16-7-8-16)20(26)15-28-18-6-4-3-5-17(18)27-2/h3-6,16H,7-15H2,1-2H3,(H,21,25). The maximum absolute atomic E-state index is 12.6. The van der Waals surface area contributed by atoms with Gasteiger partial charge in [-0.05, 0) is 32.0 Å². The van der Waals surface area contributed by atoms with Gasteiger partial charge in [0.25, 0.3) is 5.91 Å². The summed E-state index contributed by atoms with van der Waals surface area (Å²) in [5, 5.41) is 1.95. The Hall–Kier alpha value is -2.32. The summed E-state index contributed by atoms with van der Waals surface area (Å²) >= 11 is 0. The molecule has 0 spiro atoms. The van der Waals surface area contributed by atoms with Crippen molar-refractivity contribution in [3.63, 3.8) is 0 Å². The largest absolute Gasteiger partial charge is 0.493 e. The molecule has 28 heavy (non-hydrogen) atoms. The van der Waals surface area contributed by atoms with Crippen molar-refractivity contribution in [3.05, 3.63) is 24.3 Å². The van der Waals surface area contributed by atoms with Crippen molar-refractivity contribution in [1.29, 1.82) is 0 Å². The first-order chi connectivity index (χ1) is 13.6. The number of methoxy groups -OCH3 is 1. The fourth-order valence-corrected chi connectivity index (χ4v) is 3.23. The van der Waals surface area contributed by atoms with Crippen LogP contribution in [-0.4, -0.2) is 86.2 Å². The number of hydrogen-bond acceptors (Lipinski definition) is 6. The highest BCUT2D eigenvalue weighted by molar-refractivity contribution is 5.80. The Morgan fingerprint density at radius 2 is 1.82 bits per heavy atom. The Morgan fingerprint density at radius 3 is 2.46 bits per heavy atom. The Morgan fingerprint density at radius 1 is 1.14 bits per heavy atom. The van der Waals surface area contributed by atoms with Gasteiger partial charge in [0, 0.05) is 45.2 Å². The number of piperazine rings is 1. The van der Waals surface area contributed by atoms with Gasteiger partial charge >= 0.3 is 0 Å². The molecule has 1 aliphatic heterocycles. The highest BCUT2D eigenvalue weighted by Crippen LogP contribution is 2.28. The number of nitrogens with zero attached hydrogens (tertiary/aromatic N) is 3. The first kappa shape index (κ1) is 20.4. The zero-order valence-electron chi connectivity index (χ0n) is 16.7. The first-order valence-electron chi connectivity index (χ1n) is 9.85. The Bertz CT molecular complexity index is 672. The number of hydrogen-bond donors (Lipinski definition) is 1. The van der Waals surface area contributed by atoms with Gasteiger partial charge in [-0.2, -0.15) is 0 Å². The molecule has 1 N–H and O–H groups in total. The van der Waals surface area contributed by atoms with Gasteiger partial charge in [-0.25, -0.2) is 5.01 Å². The smallest absolute Gasteiger partial charge is 0.260 e. The van der Waals surface area contributed by atoms with E-state index in [2.05, 4.69) is 17.4 Å². The molecule has 2 fully saturated rings. The number of amides is 2. The number of hydrazine groups is 1. The molecule has 154 valence electrons. The van der Waals surface area contributed by atoms with E-state index in [1.54, 1.807) is 24.1 Å². The van der Waals surface area contributed by atoms with Gasteiger partial charge in [-0.15, -0.1) is 0 Å². The minimum atomic E-state index is -0.0965. The number of benzene rings is 1. The van der Waals surface area contributed by atoms with Gasteiger partial charge in [-0.1, -0.05) is 12.1 Å². The fraction of sp³-hybridized carbons (Fsp3) is 0.600. The van der Waals surface area contributed by atoms with E-state index in [0.29, 0.717) is 24.5 Å². The van der Waals surface area contributed by atoms with E-state index in [0.717, 1.165) is 39.0 Å². The van der Waals surface area contributed by atoms with Crippen LogP contribution in [0.1, 0.15) is 19.3 Å². The average molecular weight is 390 g/mol. The fourth-order valence-electron chi connectivity index (χ4n) is 3.23. The molecule has 1 heterocycles. The maximum Gasteiger partial charge on any atom is 0.260 e. The molecule has 2 aliphatic rings. The molecular weight excluding hydrogens is 360 g/mol. The number of nitrogens with one attached hydrogen (secondary N) is 1. The molecule has 1 aliphatic carbocycles. The second kappa shape index (κ2) is 9.75. The molecule has 0 radical (unpaired) electrons. The summed E-state index contributed by atoms with van der Waals surface area (Å²) in [5.74, 6) is 0.996. The number of rotatable bonds is 9. The van der Waals surface area contributed by atoms with E-state index < -0.39 is 0 Å². The van der Waals surface area contributed by atoms with Crippen molar-refractivity contribution in [2.24, 2.45) is 0 Å². The van der Waals surface area contributed by atoms with E-state index in [-0.39, 0.29) is 24.5 Å². The minimum Gasteiger partial charge on any atom is -0.493 e. The summed E-state index contributed by atoms with van der Waals surface area (Å²) < 4.78 is 10.9. The molecule has 1 aromatic rings. The number of carbonyl (C=O) groups excluding carboxylic acids is 2. The van der Waals surface area contributed by atoms with E-state index in [9.17, 15) is 9.59 Å². The summed E-state index contributed by atoms with van der Waals surface area (Å²) in [6, 6.07) is 7.48. The Labute approximate surface area is 166 Å². The second-order valence-electron chi connectivity index (χ2n) is 7.33. The highest BCUT2D eigenvalue weighted by Gasteiger charge is 2.33. The topological polar surface area (TPSA) is 74.3 Å². The molecule has 0 bridgehead atoms. The van der Waals surface area contributed by atoms with Crippen molar-refractivity contribution < 1.29 is 19.1 Å². The first-order valence-corrected chi connectivity index (χ1v) is 9.85. The summed E-state index contributed by atoms with van der Waals surface area (Å²) in [7, 11) is 3.64. The lowest BCUT2D eigenvalue weighted by Gasteiger charge is -2.32. The Balaban J connectivity index is 1.45. The molecule has 0 unspecified atom stereocenters. The third kappa shape index (κ3) is 5.84. The monoisotopic (exact) mass is 390 g/mol. The van der Waals surface area contributed by atoms with E-state index in [1.807, 2.05) is 17.1 Å². The quantitative estimate of drug-likeness (QED) is 0.670. The van der Waals surface area contributed by atoms with Crippen LogP contribution in [0, 0.1) is 0 Å². The van der Waals surface area contributed by atoms with Gasteiger partial charge < -0.3 is 19.3 Å². The van der Waals surface area contributed by atoms with Crippen LogP contribution in [0.4, 0.5) is 0 Å². The lowest BCUT2D eigenvalue weighted by Crippen LogP contribution is -2.53. The third-order valence-electron chi connectivity index (χ3n) is 5.09. The zero-order chi connectivity index (χ0) is 19.9. The summed E-state index contributed by atoms with van der Waals surface area (Å²) in [6.45, 7) is 3.87. The molecule has 8 heteroatoms. The molecule has 0 atom stereocenters. The molecule has 8 nitrogen and oxygen atoms in total. The van der Waals surface area contributed by atoms with E-state index in [1.165, 1.54) is 0 Å². The van der Waals surface area contributed by atoms with Crippen LogP contribution in [0.15, 0.2) is 24.3 Å². The minimum absolute atomic E-state index is 0.0475. The van der Waals surface area contributed by atoms with Crippen LogP contribution in [0.25, 0.3) is 0 Å². The number of para-hydroxylation sites is 2. The van der Waals surface area contributed by atoms with Gasteiger partial charge in [0.05, 0.1) is 7.11 Å². The highest BCUT2D eigenvalue weighted by atomic mass is 16.5. The molecule has 1 aromatic carbocycles. The number of ether oxygens (including phenoxy) is 2. The zero-order valence-corrected chi connectivity index (χ0v) is 16.7. The van der Waals surface area contributed by atoms with Crippen molar-refractivity contribution in [2.45, 2.75) is 25.3 Å². The van der Waals surface area contributed by atoms with Crippen molar-refractivity contribution >= 4 is 11.8 Å². The molecule has 1 saturated carbocycles. The average Bonchev–Trinajstić information content (AvgIpc) is 3.53. The lowest BCUT2D eigenvalue weighted by atomic mass is 10.3. The Kier molecular flexibility index (Phi) is 7.11. The van der Waals surface area contributed by atoms with E-state index in [4.69, 9.17) is 9.47 Å². The van der Waals surface area contributed by atoms with E-state index >= 15 is 0 Å². The molecule has 0 aromatic heterocycles. The van der Waals surface area contributed by atoms with Crippen LogP contribution in [-0.2, 0) is 9.59 Å². The van der Waals surface area contributed by atoms with Crippen LogP contribution in [0.2, 0.25) is 0 Å². The SMILES string of the molecule is COc1ccccc1OCC(=O)N(CCC(=O)NN1CCN(C)CC1)C1CC1. The maximum atomic E-state index is 12.6. The summed E-state index contributed by atoms with van der Waals surface area (Å²) in [4.78, 5) is 28.9. The van der Waals surface area contributed by atoms with Crippen LogP contribution < -0.4 is 14.9 Å². The van der Waals surface area contributed by atoms with Crippen molar-refractivity contribution in [3.8, 4) is 11.5 Å². The predicted octanol–water partition coefficient (Wildman–Crippen LogP) is 0.734. The predicted molar refractivity (Wildman–Crippen MR) is 105 cm³/mol. The molecule has 2 amide bonds. The normalized spacial score (nSPS) is 17.8. The third-order valence-corrected chi connectivity index (χ3v) is 5.09. The summed E-state index contributed by atoms with van der Waals surface area (Å²) in [5.41, 5.74) is 2.95. The van der Waals surface area contributed by atoms with Gasteiger partial charge in [-0.3, -0.25) is 15.0 Å². The number of likely N-dealkylation sites (N-methyl/N-ethyl adjacent to an activating group) is 1. The van der Waals surface area contributed by atoms with Gasteiger partial charge in [0.15, 0.2) is 18.1 Å². The number of carbonyl (C=O) groups is 2. The molecule has 3 rings (SSSR count). The second-order valence-corrected chi connectivity index (χ2v) is 7.33. The van der Waals surface area contributed by atoms with Crippen molar-refractivity contribution in [1.82, 2.24) is 20.2 Å². The van der Waals surface area contributed by atoms with Gasteiger partial charge in [0.1, 0.15) is 0 Å². The molecular formula is C20H30N4O4. The van der Waals surface area contributed by atoms with Crippen molar-refractivity contribution in [2.75, 3.05) is 53.5 Å². The van der Waals surface area contributed by atoms with Crippen LogP contribution in [0.3, 0.4) is 0 Å². The summed E-state index contributed by atoms with van der Waals surface area (Å²) in [6.07, 6.45) is 2.27. The molecule has 1 saturated heterocycles. The van der Waals surface area contributed by atoms with Crippen LogP contribution >= 0.6 is 0 Å². The lowest BCUT2D eigenvalue weighted by molar-refractivity contribution is -0.135. The van der Waals surface area contributed by atoms with Gasteiger partial charge in [0.2, 0.25) is 5.91 Å².